The number of aromatic nitrogens is 1. The van der Waals surface area contributed by atoms with Crippen LogP contribution in [0.25, 0.3) is 6.08 Å². The van der Waals surface area contributed by atoms with Crippen LogP contribution in [0.1, 0.15) is 12.5 Å². The van der Waals surface area contributed by atoms with E-state index in [1.807, 2.05) is 49.4 Å². The van der Waals surface area contributed by atoms with Gasteiger partial charge in [0.25, 0.3) is 5.91 Å². The van der Waals surface area contributed by atoms with E-state index in [9.17, 15) is 4.79 Å². The van der Waals surface area contributed by atoms with Crippen molar-refractivity contribution in [1.82, 2.24) is 4.98 Å². The fourth-order valence-electron chi connectivity index (χ4n) is 2.16. The van der Waals surface area contributed by atoms with Crippen molar-refractivity contribution in [1.29, 1.82) is 0 Å². The minimum atomic E-state index is -0.110. The summed E-state index contributed by atoms with van der Waals surface area (Å²) >= 11 is 6.66. The first-order chi connectivity index (χ1) is 11.2. The number of benzene rings is 1. The maximum atomic E-state index is 12.6. The topological polar surface area (TPSA) is 42.4 Å². The van der Waals surface area contributed by atoms with Crippen LogP contribution in [0.2, 0.25) is 0 Å². The fraction of sp³-hybridized carbons (Fsp3) is 0.118. The van der Waals surface area contributed by atoms with Crippen LogP contribution in [0.3, 0.4) is 0 Å². The lowest BCUT2D eigenvalue weighted by atomic mass is 10.2. The molecule has 23 heavy (non-hydrogen) atoms. The van der Waals surface area contributed by atoms with Crippen molar-refractivity contribution >= 4 is 46.0 Å². The number of thiocarbonyl (C=S) groups is 1. The Balaban J connectivity index is 1.85. The van der Waals surface area contributed by atoms with Gasteiger partial charge in [0.05, 0.1) is 17.2 Å². The zero-order chi connectivity index (χ0) is 16.2. The molecule has 0 unspecified atom stereocenters. The molecule has 1 fully saturated rings. The number of ether oxygens (including phenoxy) is 1. The summed E-state index contributed by atoms with van der Waals surface area (Å²) in [5.41, 5.74) is 1.67. The van der Waals surface area contributed by atoms with Crippen LogP contribution in [-0.4, -0.2) is 21.8 Å². The van der Waals surface area contributed by atoms with Crippen LogP contribution in [0, 0.1) is 0 Å². The highest BCUT2D eigenvalue weighted by Gasteiger charge is 2.33. The number of carbonyl (C=O) groups excluding carboxylic acids is 1. The summed E-state index contributed by atoms with van der Waals surface area (Å²) in [5, 5.41) is 0. The number of rotatable bonds is 4. The molecule has 0 N–H and O–H groups in total. The zero-order valence-electron chi connectivity index (χ0n) is 12.4. The molecule has 0 atom stereocenters. The Morgan fingerprint density at radius 1 is 1.22 bits per heavy atom. The Labute approximate surface area is 144 Å². The lowest BCUT2D eigenvalue weighted by molar-refractivity contribution is -0.113. The third-order valence-corrected chi connectivity index (χ3v) is 4.51. The highest BCUT2D eigenvalue weighted by Crippen LogP contribution is 2.36. The smallest absolute Gasteiger partial charge is 0.270 e. The molecule has 0 aliphatic carbocycles. The quantitative estimate of drug-likeness (QED) is 0.623. The molecule has 1 aromatic carbocycles. The number of amides is 1. The number of hydrogen-bond donors (Lipinski definition) is 0. The number of hydrogen-bond acceptors (Lipinski definition) is 5. The van der Waals surface area contributed by atoms with Gasteiger partial charge >= 0.3 is 0 Å². The highest BCUT2D eigenvalue weighted by molar-refractivity contribution is 8.27. The number of nitrogens with zero attached hydrogens (tertiary/aromatic N) is 2. The third kappa shape index (κ3) is 3.43. The van der Waals surface area contributed by atoms with E-state index in [1.54, 1.807) is 17.3 Å². The van der Waals surface area contributed by atoms with Crippen molar-refractivity contribution in [3.8, 4) is 5.75 Å². The summed E-state index contributed by atoms with van der Waals surface area (Å²) in [7, 11) is 0. The summed E-state index contributed by atoms with van der Waals surface area (Å²) in [6.45, 7) is 2.54. The van der Waals surface area contributed by atoms with Gasteiger partial charge in [-0.1, -0.05) is 24.0 Å². The molecule has 1 amide bonds. The number of anilines is 1. The van der Waals surface area contributed by atoms with Crippen molar-refractivity contribution in [3.05, 3.63) is 59.3 Å². The molecule has 1 aliphatic heterocycles. The summed E-state index contributed by atoms with van der Waals surface area (Å²) in [4.78, 5) is 18.8. The lowest BCUT2D eigenvalue weighted by Crippen LogP contribution is -2.27. The molecular weight excluding hydrogens is 328 g/mol. The molecule has 2 aromatic rings. The normalized spacial score (nSPS) is 16.2. The first-order valence-corrected chi connectivity index (χ1v) is 8.32. The molecule has 0 saturated carbocycles. The second-order valence-electron chi connectivity index (χ2n) is 4.72. The van der Waals surface area contributed by atoms with E-state index in [0.29, 0.717) is 15.8 Å². The monoisotopic (exact) mass is 342 g/mol. The van der Waals surface area contributed by atoms with Crippen LogP contribution >= 0.6 is 24.0 Å². The predicted octanol–water partition coefficient (Wildman–Crippen LogP) is 3.89. The molecule has 1 aliphatic rings. The van der Waals surface area contributed by atoms with Gasteiger partial charge in [-0.3, -0.25) is 14.7 Å². The zero-order valence-corrected chi connectivity index (χ0v) is 14.1. The van der Waals surface area contributed by atoms with E-state index in [0.717, 1.165) is 17.0 Å². The molecular formula is C17H14N2O2S2. The maximum Gasteiger partial charge on any atom is 0.270 e. The van der Waals surface area contributed by atoms with Gasteiger partial charge in [-0.05, 0) is 55.0 Å². The Bertz CT molecular complexity index is 758. The van der Waals surface area contributed by atoms with Gasteiger partial charge in [0.1, 0.15) is 5.75 Å². The first kappa shape index (κ1) is 15.7. The molecule has 2 heterocycles. The van der Waals surface area contributed by atoms with Gasteiger partial charge in [-0.15, -0.1) is 0 Å². The molecule has 0 spiro atoms. The van der Waals surface area contributed by atoms with Gasteiger partial charge in [-0.2, -0.15) is 0 Å². The summed E-state index contributed by atoms with van der Waals surface area (Å²) < 4.78 is 5.95. The van der Waals surface area contributed by atoms with Crippen LogP contribution in [0.4, 0.5) is 5.69 Å². The molecule has 116 valence electrons. The number of pyridine rings is 1. The van der Waals surface area contributed by atoms with E-state index >= 15 is 0 Å². The van der Waals surface area contributed by atoms with E-state index in [-0.39, 0.29) is 5.91 Å². The van der Waals surface area contributed by atoms with Crippen molar-refractivity contribution in [2.45, 2.75) is 6.92 Å². The third-order valence-electron chi connectivity index (χ3n) is 3.20. The largest absolute Gasteiger partial charge is 0.494 e. The minimum absolute atomic E-state index is 0.110. The fourth-order valence-corrected chi connectivity index (χ4v) is 3.46. The molecule has 1 saturated heterocycles. The molecule has 6 heteroatoms. The summed E-state index contributed by atoms with van der Waals surface area (Å²) in [5.74, 6) is 0.662. The molecule has 0 radical (unpaired) electrons. The van der Waals surface area contributed by atoms with Crippen LogP contribution in [0.15, 0.2) is 53.7 Å². The van der Waals surface area contributed by atoms with E-state index in [1.165, 1.54) is 11.8 Å². The second-order valence-corrected chi connectivity index (χ2v) is 6.40. The summed E-state index contributed by atoms with van der Waals surface area (Å²) in [6, 6.07) is 11.1. The van der Waals surface area contributed by atoms with E-state index < -0.39 is 0 Å². The molecule has 3 rings (SSSR count). The Morgan fingerprint density at radius 2 is 1.91 bits per heavy atom. The molecule has 1 aromatic heterocycles. The SMILES string of the molecule is CCOc1ccc(N2C(=O)C(=Cc3ccncc3)SC2=S)cc1. The second kappa shape index (κ2) is 6.93. The van der Waals surface area contributed by atoms with Crippen LogP contribution in [-0.2, 0) is 4.79 Å². The van der Waals surface area contributed by atoms with Crippen molar-refractivity contribution in [2.24, 2.45) is 0 Å². The van der Waals surface area contributed by atoms with Gasteiger partial charge < -0.3 is 4.74 Å². The predicted molar refractivity (Wildman–Crippen MR) is 97.5 cm³/mol. The Kier molecular flexibility index (Phi) is 4.73. The van der Waals surface area contributed by atoms with Crippen LogP contribution < -0.4 is 9.64 Å². The van der Waals surface area contributed by atoms with E-state index in [2.05, 4.69) is 4.98 Å². The maximum absolute atomic E-state index is 12.6. The van der Waals surface area contributed by atoms with Crippen LogP contribution in [0.5, 0.6) is 5.75 Å². The van der Waals surface area contributed by atoms with Gasteiger partial charge in [0, 0.05) is 12.4 Å². The number of thioether (sulfide) groups is 1. The summed E-state index contributed by atoms with van der Waals surface area (Å²) in [6.07, 6.45) is 5.22. The highest BCUT2D eigenvalue weighted by atomic mass is 32.2. The van der Waals surface area contributed by atoms with Crippen molar-refractivity contribution in [3.63, 3.8) is 0 Å². The van der Waals surface area contributed by atoms with Gasteiger partial charge in [0.15, 0.2) is 4.32 Å². The Morgan fingerprint density at radius 3 is 2.57 bits per heavy atom. The van der Waals surface area contributed by atoms with E-state index in [4.69, 9.17) is 17.0 Å². The van der Waals surface area contributed by atoms with Crippen molar-refractivity contribution < 1.29 is 9.53 Å². The lowest BCUT2D eigenvalue weighted by Gasteiger charge is -2.15. The number of carbonyl (C=O) groups is 1. The minimum Gasteiger partial charge on any atom is -0.494 e. The van der Waals surface area contributed by atoms with Gasteiger partial charge in [0.2, 0.25) is 0 Å². The average molecular weight is 342 g/mol. The standard InChI is InChI=1S/C17H14N2O2S2/c1-2-21-14-5-3-13(4-6-14)19-16(20)15(23-17(19)22)11-12-7-9-18-10-8-12/h3-11H,2H2,1H3. The Hall–Kier alpha value is -2.18. The van der Waals surface area contributed by atoms with Gasteiger partial charge in [-0.25, -0.2) is 0 Å². The molecule has 0 bridgehead atoms. The van der Waals surface area contributed by atoms with Crippen molar-refractivity contribution in [2.75, 3.05) is 11.5 Å². The first-order valence-electron chi connectivity index (χ1n) is 7.10. The molecule has 4 nitrogen and oxygen atoms in total. The average Bonchev–Trinajstić information content (AvgIpc) is 2.84.